The topological polar surface area (TPSA) is 58.4 Å². The molecule has 21 heavy (non-hydrogen) atoms. The van der Waals surface area contributed by atoms with Crippen molar-refractivity contribution in [3.63, 3.8) is 0 Å². The van der Waals surface area contributed by atoms with Crippen LogP contribution >= 0.6 is 0 Å². The maximum atomic E-state index is 11.5. The lowest BCUT2D eigenvalue weighted by Gasteiger charge is -2.40. The standard InChI is InChI=1S/C17H25N3O/c1-3-17(2)6-8-20(9-7-17)15-10-12-4-5-16(21)19-14(12)11-13(15)18/h10-11H,3-9,18H2,1-2H3,(H,19,21). The maximum absolute atomic E-state index is 11.5. The van der Waals surface area contributed by atoms with Crippen molar-refractivity contribution in [2.75, 3.05) is 29.0 Å². The predicted molar refractivity (Wildman–Crippen MR) is 87.7 cm³/mol. The van der Waals surface area contributed by atoms with Gasteiger partial charge in [0.1, 0.15) is 0 Å². The van der Waals surface area contributed by atoms with Gasteiger partial charge in [-0.3, -0.25) is 4.79 Å². The Morgan fingerprint density at radius 3 is 2.67 bits per heavy atom. The van der Waals surface area contributed by atoms with Crippen molar-refractivity contribution in [3.8, 4) is 0 Å². The molecule has 0 unspecified atom stereocenters. The monoisotopic (exact) mass is 287 g/mol. The fourth-order valence-corrected chi connectivity index (χ4v) is 3.35. The minimum absolute atomic E-state index is 0.0892. The van der Waals surface area contributed by atoms with Crippen molar-refractivity contribution in [1.82, 2.24) is 0 Å². The van der Waals surface area contributed by atoms with Gasteiger partial charge in [-0.2, -0.15) is 0 Å². The van der Waals surface area contributed by atoms with Crippen molar-refractivity contribution in [1.29, 1.82) is 0 Å². The lowest BCUT2D eigenvalue weighted by Crippen LogP contribution is -2.38. The molecule has 0 bridgehead atoms. The van der Waals surface area contributed by atoms with Gasteiger partial charge >= 0.3 is 0 Å². The second-order valence-corrected chi connectivity index (χ2v) is 6.77. The highest BCUT2D eigenvalue weighted by atomic mass is 16.1. The van der Waals surface area contributed by atoms with Crippen LogP contribution in [0.3, 0.4) is 0 Å². The van der Waals surface area contributed by atoms with Gasteiger partial charge in [0.25, 0.3) is 0 Å². The Morgan fingerprint density at radius 2 is 2.00 bits per heavy atom. The van der Waals surface area contributed by atoms with Gasteiger partial charge in [0, 0.05) is 25.2 Å². The van der Waals surface area contributed by atoms with Crippen LogP contribution in [0.4, 0.5) is 17.1 Å². The third kappa shape index (κ3) is 2.71. The summed E-state index contributed by atoms with van der Waals surface area (Å²) in [7, 11) is 0. The summed E-state index contributed by atoms with van der Waals surface area (Å²) in [4.78, 5) is 13.9. The Labute approximate surface area is 126 Å². The highest BCUT2D eigenvalue weighted by molar-refractivity contribution is 5.95. The first kappa shape index (κ1) is 14.2. The summed E-state index contributed by atoms with van der Waals surface area (Å²) in [6, 6.07) is 4.11. The number of carbonyl (C=O) groups is 1. The molecule has 114 valence electrons. The van der Waals surface area contributed by atoms with E-state index in [0.717, 1.165) is 36.6 Å². The zero-order chi connectivity index (χ0) is 15.0. The molecule has 2 heterocycles. The molecule has 0 atom stereocenters. The van der Waals surface area contributed by atoms with Crippen molar-refractivity contribution >= 4 is 23.0 Å². The number of benzene rings is 1. The highest BCUT2D eigenvalue weighted by Gasteiger charge is 2.29. The fourth-order valence-electron chi connectivity index (χ4n) is 3.35. The summed E-state index contributed by atoms with van der Waals surface area (Å²) < 4.78 is 0. The van der Waals surface area contributed by atoms with Gasteiger partial charge in [-0.05, 0) is 42.4 Å². The number of nitrogens with one attached hydrogen (secondary N) is 1. The summed E-state index contributed by atoms with van der Waals surface area (Å²) in [6.07, 6.45) is 5.07. The average molecular weight is 287 g/mol. The Bertz CT molecular complexity index is 559. The second-order valence-electron chi connectivity index (χ2n) is 6.77. The first-order valence-electron chi connectivity index (χ1n) is 7.98. The third-order valence-corrected chi connectivity index (χ3v) is 5.31. The van der Waals surface area contributed by atoms with E-state index < -0.39 is 0 Å². The molecule has 1 amide bonds. The Kier molecular flexibility index (Phi) is 3.56. The summed E-state index contributed by atoms with van der Waals surface area (Å²) in [6.45, 7) is 6.81. The molecule has 1 fully saturated rings. The Balaban J connectivity index is 1.82. The number of hydrogen-bond acceptors (Lipinski definition) is 3. The number of anilines is 3. The predicted octanol–water partition coefficient (Wildman–Crippen LogP) is 3.17. The molecule has 3 N–H and O–H groups in total. The lowest BCUT2D eigenvalue weighted by atomic mass is 9.78. The van der Waals surface area contributed by atoms with Crippen LogP contribution in [0, 0.1) is 5.41 Å². The Morgan fingerprint density at radius 1 is 1.29 bits per heavy atom. The summed E-state index contributed by atoms with van der Waals surface area (Å²) in [5.74, 6) is 0.0892. The van der Waals surface area contributed by atoms with Gasteiger partial charge in [0.05, 0.1) is 11.4 Å². The molecule has 0 spiro atoms. The first-order chi connectivity index (χ1) is 10.0. The van der Waals surface area contributed by atoms with Crippen molar-refractivity contribution in [2.24, 2.45) is 5.41 Å². The minimum atomic E-state index is 0.0892. The Hall–Kier alpha value is -1.71. The van der Waals surface area contributed by atoms with Gasteiger partial charge in [-0.25, -0.2) is 0 Å². The fraction of sp³-hybridized carbons (Fsp3) is 0.588. The lowest BCUT2D eigenvalue weighted by molar-refractivity contribution is -0.116. The van der Waals surface area contributed by atoms with Crippen LogP contribution in [0.15, 0.2) is 12.1 Å². The van der Waals surface area contributed by atoms with Crippen LogP contribution in [0.2, 0.25) is 0 Å². The molecule has 0 aromatic heterocycles. The molecule has 2 aliphatic rings. The number of nitrogens with two attached hydrogens (primary N) is 1. The molecule has 2 aliphatic heterocycles. The summed E-state index contributed by atoms with van der Waals surface area (Å²) in [5, 5.41) is 2.92. The van der Waals surface area contributed by atoms with Crippen LogP contribution in [0.25, 0.3) is 0 Å². The number of carbonyl (C=O) groups excluding carboxylic acids is 1. The summed E-state index contributed by atoms with van der Waals surface area (Å²) in [5.41, 5.74) is 10.7. The van der Waals surface area contributed by atoms with E-state index in [4.69, 9.17) is 5.73 Å². The second kappa shape index (κ2) is 5.24. The van der Waals surface area contributed by atoms with E-state index in [1.165, 1.54) is 24.8 Å². The van der Waals surface area contributed by atoms with E-state index in [-0.39, 0.29) is 5.91 Å². The molecule has 0 saturated carbocycles. The quantitative estimate of drug-likeness (QED) is 0.821. The number of aryl methyl sites for hydroxylation is 1. The van der Waals surface area contributed by atoms with E-state index in [9.17, 15) is 4.79 Å². The van der Waals surface area contributed by atoms with E-state index in [1.54, 1.807) is 0 Å². The van der Waals surface area contributed by atoms with Gasteiger partial charge in [0.15, 0.2) is 0 Å². The van der Waals surface area contributed by atoms with E-state index in [0.29, 0.717) is 11.8 Å². The number of piperidine rings is 1. The van der Waals surface area contributed by atoms with Crippen molar-refractivity contribution < 1.29 is 4.79 Å². The van der Waals surface area contributed by atoms with Crippen LogP contribution in [0.1, 0.15) is 45.1 Å². The smallest absolute Gasteiger partial charge is 0.224 e. The maximum Gasteiger partial charge on any atom is 0.224 e. The van der Waals surface area contributed by atoms with Gasteiger partial charge in [0.2, 0.25) is 5.91 Å². The molecular weight excluding hydrogens is 262 g/mol. The number of fused-ring (bicyclic) bond motifs is 1. The molecule has 1 aromatic carbocycles. The largest absolute Gasteiger partial charge is 0.397 e. The zero-order valence-electron chi connectivity index (χ0n) is 13.0. The van der Waals surface area contributed by atoms with Gasteiger partial charge < -0.3 is 16.0 Å². The molecule has 4 nitrogen and oxygen atoms in total. The molecule has 0 radical (unpaired) electrons. The normalized spacial score (nSPS) is 20.9. The zero-order valence-corrected chi connectivity index (χ0v) is 13.0. The number of nitrogen functional groups attached to an aromatic ring is 1. The van der Waals surface area contributed by atoms with Crippen LogP contribution in [-0.4, -0.2) is 19.0 Å². The number of amides is 1. The minimum Gasteiger partial charge on any atom is -0.397 e. The SMILES string of the molecule is CCC1(C)CCN(c2cc3c(cc2N)NC(=O)CC3)CC1. The van der Waals surface area contributed by atoms with E-state index in [1.807, 2.05) is 6.07 Å². The van der Waals surface area contributed by atoms with E-state index in [2.05, 4.69) is 30.1 Å². The van der Waals surface area contributed by atoms with Crippen LogP contribution < -0.4 is 16.0 Å². The number of rotatable bonds is 2. The van der Waals surface area contributed by atoms with Crippen LogP contribution in [0.5, 0.6) is 0 Å². The third-order valence-electron chi connectivity index (χ3n) is 5.31. The first-order valence-corrected chi connectivity index (χ1v) is 7.98. The van der Waals surface area contributed by atoms with Crippen molar-refractivity contribution in [2.45, 2.75) is 46.0 Å². The van der Waals surface area contributed by atoms with Gasteiger partial charge in [-0.15, -0.1) is 0 Å². The molecule has 3 rings (SSSR count). The molecular formula is C17H25N3O. The molecule has 1 saturated heterocycles. The molecule has 1 aromatic rings. The van der Waals surface area contributed by atoms with E-state index >= 15 is 0 Å². The molecule has 0 aliphatic carbocycles. The van der Waals surface area contributed by atoms with Gasteiger partial charge in [-0.1, -0.05) is 20.3 Å². The highest BCUT2D eigenvalue weighted by Crippen LogP contribution is 2.39. The van der Waals surface area contributed by atoms with Crippen molar-refractivity contribution in [3.05, 3.63) is 17.7 Å². The molecule has 4 heteroatoms. The van der Waals surface area contributed by atoms with Crippen LogP contribution in [-0.2, 0) is 11.2 Å². The number of hydrogen-bond donors (Lipinski definition) is 2. The summed E-state index contributed by atoms with van der Waals surface area (Å²) >= 11 is 0. The average Bonchev–Trinajstić information content (AvgIpc) is 2.48. The number of nitrogens with zero attached hydrogens (tertiary/aromatic N) is 1.